The van der Waals surface area contributed by atoms with Crippen LogP contribution in [0.4, 0.5) is 10.5 Å². The van der Waals surface area contributed by atoms with Gasteiger partial charge in [-0.05, 0) is 24.1 Å². The second kappa shape index (κ2) is 6.72. The number of aryl methyl sites for hydroxylation is 1. The minimum atomic E-state index is -0.350. The van der Waals surface area contributed by atoms with Gasteiger partial charge >= 0.3 is 6.03 Å². The molecule has 0 radical (unpaired) electrons. The highest BCUT2D eigenvalue weighted by Gasteiger charge is 2.22. The summed E-state index contributed by atoms with van der Waals surface area (Å²) in [5.74, 6) is 0.843. The maximum atomic E-state index is 12.2. The summed E-state index contributed by atoms with van der Waals surface area (Å²) < 4.78 is 1.64. The van der Waals surface area contributed by atoms with Gasteiger partial charge in [-0.15, -0.1) is 0 Å². The van der Waals surface area contributed by atoms with Gasteiger partial charge in [0, 0.05) is 12.7 Å². The molecule has 0 fully saturated rings. The number of urea groups is 1. The number of aromatic nitrogens is 3. The largest absolute Gasteiger partial charge is 0.328 e. The number of nitrogens with zero attached hydrogens (tertiary/aromatic N) is 4. The van der Waals surface area contributed by atoms with Crippen LogP contribution in [0.5, 0.6) is 0 Å². The minimum absolute atomic E-state index is 0.152. The first-order valence-corrected chi connectivity index (χ1v) is 6.93. The van der Waals surface area contributed by atoms with E-state index in [1.807, 2.05) is 19.9 Å². The second-order valence-electron chi connectivity index (χ2n) is 5.25. The Morgan fingerprint density at radius 1 is 1.41 bits per heavy atom. The van der Waals surface area contributed by atoms with Crippen LogP contribution in [0.2, 0.25) is 0 Å². The number of carbonyl (C=O) groups excluding carboxylic acids is 1. The molecule has 1 aromatic heterocycles. The van der Waals surface area contributed by atoms with Gasteiger partial charge in [-0.25, -0.2) is 9.78 Å². The summed E-state index contributed by atoms with van der Waals surface area (Å²) in [4.78, 5) is 16.4. The molecule has 0 spiro atoms. The van der Waals surface area contributed by atoms with Crippen molar-refractivity contribution in [3.63, 3.8) is 0 Å². The van der Waals surface area contributed by atoms with Crippen LogP contribution in [0.3, 0.4) is 0 Å². The molecule has 7 nitrogen and oxygen atoms in total. The maximum absolute atomic E-state index is 12.2. The Hall–Kier alpha value is -2.88. The van der Waals surface area contributed by atoms with Crippen LogP contribution < -0.4 is 10.6 Å². The molecule has 0 saturated carbocycles. The van der Waals surface area contributed by atoms with Gasteiger partial charge in [-0.3, -0.25) is 4.68 Å². The third-order valence-electron chi connectivity index (χ3n) is 3.23. The number of carbonyl (C=O) groups is 1. The average Bonchev–Trinajstić information content (AvgIpc) is 2.90. The van der Waals surface area contributed by atoms with Crippen molar-refractivity contribution in [2.75, 3.05) is 5.32 Å². The molecule has 2 aromatic rings. The zero-order valence-electron chi connectivity index (χ0n) is 12.7. The van der Waals surface area contributed by atoms with Gasteiger partial charge in [-0.2, -0.15) is 10.4 Å². The molecule has 1 aromatic carbocycles. The van der Waals surface area contributed by atoms with Crippen LogP contribution in [0.1, 0.15) is 31.3 Å². The Morgan fingerprint density at radius 2 is 2.18 bits per heavy atom. The topological polar surface area (TPSA) is 95.6 Å². The Bertz CT molecular complexity index is 700. The van der Waals surface area contributed by atoms with Crippen molar-refractivity contribution >= 4 is 11.7 Å². The number of nitrogens with one attached hydrogen (secondary N) is 2. The predicted octanol–water partition coefficient (Wildman–Crippen LogP) is 2.21. The van der Waals surface area contributed by atoms with Crippen molar-refractivity contribution in [2.45, 2.75) is 19.9 Å². The normalized spacial score (nSPS) is 11.8. The van der Waals surface area contributed by atoms with Crippen molar-refractivity contribution in [1.82, 2.24) is 20.1 Å². The van der Waals surface area contributed by atoms with Crippen LogP contribution in [-0.4, -0.2) is 20.8 Å². The minimum Gasteiger partial charge on any atom is -0.328 e. The first-order valence-electron chi connectivity index (χ1n) is 6.93. The molecular weight excluding hydrogens is 280 g/mol. The molecular formula is C15H18N6O. The van der Waals surface area contributed by atoms with E-state index in [1.54, 1.807) is 36.0 Å². The van der Waals surface area contributed by atoms with Crippen LogP contribution in [0.25, 0.3) is 0 Å². The van der Waals surface area contributed by atoms with Crippen molar-refractivity contribution < 1.29 is 4.79 Å². The summed E-state index contributed by atoms with van der Waals surface area (Å²) in [6.45, 7) is 3.99. The Labute approximate surface area is 129 Å². The summed E-state index contributed by atoms with van der Waals surface area (Å²) in [5.41, 5.74) is 1.06. The Balaban J connectivity index is 2.09. The average molecular weight is 298 g/mol. The third-order valence-corrected chi connectivity index (χ3v) is 3.23. The Kier molecular flexibility index (Phi) is 4.73. The van der Waals surface area contributed by atoms with Crippen molar-refractivity contribution in [3.8, 4) is 6.07 Å². The number of benzene rings is 1. The van der Waals surface area contributed by atoms with E-state index in [-0.39, 0.29) is 18.0 Å². The molecule has 2 amide bonds. The highest BCUT2D eigenvalue weighted by Crippen LogP contribution is 2.19. The highest BCUT2D eigenvalue weighted by atomic mass is 16.2. The first kappa shape index (κ1) is 15.5. The van der Waals surface area contributed by atoms with E-state index < -0.39 is 0 Å². The summed E-state index contributed by atoms with van der Waals surface area (Å²) in [5, 5.41) is 18.5. The predicted molar refractivity (Wildman–Crippen MR) is 81.9 cm³/mol. The van der Waals surface area contributed by atoms with Gasteiger partial charge in [0.2, 0.25) is 0 Å². The van der Waals surface area contributed by atoms with Gasteiger partial charge in [-0.1, -0.05) is 19.9 Å². The number of hydrogen-bond acceptors (Lipinski definition) is 4. The van der Waals surface area contributed by atoms with Crippen LogP contribution in [0.15, 0.2) is 30.6 Å². The first-order chi connectivity index (χ1) is 10.5. The summed E-state index contributed by atoms with van der Waals surface area (Å²) in [6, 6.07) is 8.17. The van der Waals surface area contributed by atoms with Gasteiger partial charge in [0.15, 0.2) is 0 Å². The molecule has 0 saturated heterocycles. The maximum Gasteiger partial charge on any atom is 0.319 e. The van der Waals surface area contributed by atoms with Crippen molar-refractivity contribution in [2.24, 2.45) is 13.0 Å². The third kappa shape index (κ3) is 3.61. The van der Waals surface area contributed by atoms with Gasteiger partial charge in [0.25, 0.3) is 0 Å². The number of rotatable bonds is 4. The second-order valence-corrected chi connectivity index (χ2v) is 5.25. The monoisotopic (exact) mass is 298 g/mol. The van der Waals surface area contributed by atoms with Crippen LogP contribution >= 0.6 is 0 Å². The lowest BCUT2D eigenvalue weighted by molar-refractivity contribution is 0.243. The van der Waals surface area contributed by atoms with E-state index in [4.69, 9.17) is 5.26 Å². The zero-order chi connectivity index (χ0) is 16.1. The number of amides is 2. The van der Waals surface area contributed by atoms with Gasteiger partial charge in [0.05, 0.1) is 17.7 Å². The van der Waals surface area contributed by atoms with Gasteiger partial charge in [0.1, 0.15) is 12.2 Å². The lowest BCUT2D eigenvalue weighted by Crippen LogP contribution is -2.36. The zero-order valence-corrected chi connectivity index (χ0v) is 12.7. The molecule has 0 bridgehead atoms. The molecule has 0 aliphatic heterocycles. The molecule has 0 aliphatic rings. The fourth-order valence-corrected chi connectivity index (χ4v) is 2.09. The SMILES string of the molecule is CC(C)C(NC(=O)Nc1cccc(C#N)c1)c1ncnn1C. The molecule has 1 heterocycles. The molecule has 2 rings (SSSR count). The molecule has 1 unspecified atom stereocenters. The summed E-state index contributed by atoms with van der Waals surface area (Å²) in [6.07, 6.45) is 1.46. The number of anilines is 1. The standard InChI is InChI=1S/C15H18N6O/c1-10(2)13(14-17-9-18-21(14)3)20-15(22)19-12-6-4-5-11(7-12)8-16/h4-7,9-10,13H,1-3H3,(H2,19,20,22). The van der Waals surface area contributed by atoms with Crippen molar-refractivity contribution in [1.29, 1.82) is 5.26 Å². The molecule has 0 aliphatic carbocycles. The molecule has 2 N–H and O–H groups in total. The van der Waals surface area contributed by atoms with E-state index in [0.29, 0.717) is 17.1 Å². The fourth-order valence-electron chi connectivity index (χ4n) is 2.09. The van der Waals surface area contributed by atoms with E-state index in [2.05, 4.69) is 20.7 Å². The van der Waals surface area contributed by atoms with Crippen LogP contribution in [0, 0.1) is 17.2 Å². The van der Waals surface area contributed by atoms with E-state index >= 15 is 0 Å². The Morgan fingerprint density at radius 3 is 2.77 bits per heavy atom. The summed E-state index contributed by atoms with van der Waals surface area (Å²) in [7, 11) is 1.79. The van der Waals surface area contributed by atoms with Crippen molar-refractivity contribution in [3.05, 3.63) is 42.0 Å². The molecule has 22 heavy (non-hydrogen) atoms. The molecule has 7 heteroatoms. The summed E-state index contributed by atoms with van der Waals surface area (Å²) >= 11 is 0. The van der Waals surface area contributed by atoms with E-state index in [9.17, 15) is 4.79 Å². The molecule has 1 atom stereocenters. The number of nitriles is 1. The van der Waals surface area contributed by atoms with E-state index in [0.717, 1.165) is 0 Å². The lowest BCUT2D eigenvalue weighted by Gasteiger charge is -2.21. The molecule has 114 valence electrons. The highest BCUT2D eigenvalue weighted by molar-refractivity contribution is 5.89. The fraction of sp³-hybridized carbons (Fsp3) is 0.333. The quantitative estimate of drug-likeness (QED) is 0.904. The number of hydrogen-bond donors (Lipinski definition) is 2. The van der Waals surface area contributed by atoms with E-state index in [1.165, 1.54) is 6.33 Å². The smallest absolute Gasteiger partial charge is 0.319 e. The van der Waals surface area contributed by atoms with Crippen LogP contribution in [-0.2, 0) is 7.05 Å². The van der Waals surface area contributed by atoms with Gasteiger partial charge < -0.3 is 10.6 Å². The lowest BCUT2D eigenvalue weighted by atomic mass is 10.0.